The molecule has 0 spiro atoms. The van der Waals surface area contributed by atoms with Gasteiger partial charge in [-0.3, -0.25) is 4.79 Å². The van der Waals surface area contributed by atoms with Crippen LogP contribution >= 0.6 is 0 Å². The average Bonchev–Trinajstić information content (AvgIpc) is 2.30. The van der Waals surface area contributed by atoms with E-state index in [0.29, 0.717) is 6.61 Å². The quantitative estimate of drug-likeness (QED) is 0.795. The molecule has 3 N–H and O–H groups in total. The summed E-state index contributed by atoms with van der Waals surface area (Å²) in [6.45, 7) is 3.19. The Morgan fingerprint density at radius 1 is 1.59 bits per heavy atom. The van der Waals surface area contributed by atoms with Crippen LogP contribution in [0.15, 0.2) is 18.2 Å². The minimum atomic E-state index is -0.514. The lowest BCUT2D eigenvalue weighted by Gasteiger charge is -2.28. The maximum atomic E-state index is 11.5. The molecule has 0 bridgehead atoms. The number of anilines is 2. The van der Waals surface area contributed by atoms with Crippen LogP contribution in [0.4, 0.5) is 11.4 Å². The fourth-order valence-electron chi connectivity index (χ4n) is 1.68. The summed E-state index contributed by atoms with van der Waals surface area (Å²) in [6.07, 6.45) is 0. The number of hydrogen-bond acceptors (Lipinski definition) is 4. The molecule has 92 valence electrons. The number of carbonyl (C=O) groups excluding carboxylic acids is 1. The number of likely N-dealkylation sites (N-methyl/N-ethyl adjacent to an activating group) is 1. The number of nitrogens with two attached hydrogens (primary N) is 1. The molecule has 1 atom stereocenters. The minimum absolute atomic E-state index is 0.190. The van der Waals surface area contributed by atoms with Crippen LogP contribution in [0.1, 0.15) is 6.92 Å². The molecule has 0 aliphatic carbocycles. The van der Waals surface area contributed by atoms with Crippen LogP contribution in [0.5, 0.6) is 5.75 Å². The topological polar surface area (TPSA) is 67.6 Å². The maximum Gasteiger partial charge on any atom is 0.240 e. The van der Waals surface area contributed by atoms with E-state index in [-0.39, 0.29) is 5.91 Å². The molecule has 0 saturated carbocycles. The highest BCUT2D eigenvalue weighted by molar-refractivity contribution is 5.95. The Labute approximate surface area is 101 Å². The van der Waals surface area contributed by atoms with Gasteiger partial charge in [0.05, 0.1) is 18.3 Å². The summed E-state index contributed by atoms with van der Waals surface area (Å²) in [4.78, 5) is 13.6. The first-order valence-electron chi connectivity index (χ1n) is 5.62. The van der Waals surface area contributed by atoms with Crippen molar-refractivity contribution >= 4 is 17.3 Å². The van der Waals surface area contributed by atoms with E-state index in [9.17, 15) is 4.79 Å². The van der Waals surface area contributed by atoms with Gasteiger partial charge in [-0.15, -0.1) is 0 Å². The number of amides is 1. The third-order valence-corrected chi connectivity index (χ3v) is 2.74. The average molecular weight is 235 g/mol. The normalized spacial score (nSPS) is 15.8. The molecule has 1 aliphatic heterocycles. The summed E-state index contributed by atoms with van der Waals surface area (Å²) in [7, 11) is 2.00. The van der Waals surface area contributed by atoms with E-state index >= 15 is 0 Å². The lowest BCUT2D eigenvalue weighted by Crippen LogP contribution is -2.33. The van der Waals surface area contributed by atoms with Crippen LogP contribution in [0, 0.1) is 0 Å². The molecule has 0 aromatic heterocycles. The van der Waals surface area contributed by atoms with Crippen LogP contribution in [0.3, 0.4) is 0 Å². The Bertz CT molecular complexity index is 432. The first-order valence-corrected chi connectivity index (χ1v) is 5.62. The monoisotopic (exact) mass is 235 g/mol. The van der Waals surface area contributed by atoms with Gasteiger partial charge < -0.3 is 20.7 Å². The summed E-state index contributed by atoms with van der Waals surface area (Å²) < 4.78 is 5.52. The van der Waals surface area contributed by atoms with E-state index in [1.807, 2.05) is 25.2 Å². The number of rotatable bonds is 2. The second-order valence-corrected chi connectivity index (χ2v) is 4.23. The molecule has 0 radical (unpaired) electrons. The van der Waals surface area contributed by atoms with E-state index in [2.05, 4.69) is 10.2 Å². The molecular formula is C12H17N3O2. The van der Waals surface area contributed by atoms with Gasteiger partial charge in [0, 0.05) is 12.7 Å². The Balaban J connectivity index is 2.21. The summed E-state index contributed by atoms with van der Waals surface area (Å²) in [5, 5.41) is 2.77. The predicted molar refractivity (Wildman–Crippen MR) is 67.5 cm³/mol. The zero-order valence-electron chi connectivity index (χ0n) is 10.1. The van der Waals surface area contributed by atoms with Gasteiger partial charge in [0.2, 0.25) is 5.91 Å². The van der Waals surface area contributed by atoms with Crippen molar-refractivity contribution in [2.45, 2.75) is 13.0 Å². The van der Waals surface area contributed by atoms with Crippen LogP contribution in [0.2, 0.25) is 0 Å². The van der Waals surface area contributed by atoms with Gasteiger partial charge in [-0.1, -0.05) is 0 Å². The predicted octanol–water partition coefficient (Wildman–Crippen LogP) is 0.801. The first kappa shape index (κ1) is 11.7. The highest BCUT2D eigenvalue weighted by Crippen LogP contribution is 2.33. The van der Waals surface area contributed by atoms with Gasteiger partial charge in [-0.2, -0.15) is 0 Å². The van der Waals surface area contributed by atoms with Crippen molar-refractivity contribution in [2.75, 3.05) is 30.4 Å². The fraction of sp³-hybridized carbons (Fsp3) is 0.417. The first-order chi connectivity index (χ1) is 8.08. The lowest BCUT2D eigenvalue weighted by molar-refractivity contribution is -0.117. The number of benzene rings is 1. The van der Waals surface area contributed by atoms with Crippen LogP contribution in [-0.4, -0.2) is 32.1 Å². The van der Waals surface area contributed by atoms with E-state index in [1.54, 1.807) is 6.92 Å². The molecule has 17 heavy (non-hydrogen) atoms. The molecule has 1 unspecified atom stereocenters. The van der Waals surface area contributed by atoms with Crippen molar-refractivity contribution in [3.05, 3.63) is 18.2 Å². The standard InChI is InChI=1S/C12H17N3O2/c1-8(13)12(16)14-9-3-4-11-10(7-9)15(2)5-6-17-11/h3-4,7-8H,5-6,13H2,1-2H3,(H,14,16). The SMILES string of the molecule is CC(N)C(=O)Nc1ccc2c(c1)N(C)CCO2. The molecule has 0 fully saturated rings. The van der Waals surface area contributed by atoms with Gasteiger partial charge in [-0.05, 0) is 25.1 Å². The number of fused-ring (bicyclic) bond motifs is 1. The Morgan fingerprint density at radius 3 is 3.06 bits per heavy atom. The highest BCUT2D eigenvalue weighted by Gasteiger charge is 2.16. The molecule has 1 amide bonds. The smallest absolute Gasteiger partial charge is 0.240 e. The van der Waals surface area contributed by atoms with E-state index in [1.165, 1.54) is 0 Å². The second kappa shape index (κ2) is 4.63. The van der Waals surface area contributed by atoms with E-state index in [0.717, 1.165) is 23.7 Å². The molecule has 1 aromatic carbocycles. The number of nitrogens with one attached hydrogen (secondary N) is 1. The number of hydrogen-bond donors (Lipinski definition) is 2. The Hall–Kier alpha value is -1.75. The summed E-state index contributed by atoms with van der Waals surface area (Å²) >= 11 is 0. The lowest BCUT2D eigenvalue weighted by atomic mass is 10.2. The zero-order valence-corrected chi connectivity index (χ0v) is 10.1. The number of nitrogens with zero attached hydrogens (tertiary/aromatic N) is 1. The second-order valence-electron chi connectivity index (χ2n) is 4.23. The Morgan fingerprint density at radius 2 is 2.35 bits per heavy atom. The maximum absolute atomic E-state index is 11.5. The van der Waals surface area contributed by atoms with Gasteiger partial charge in [0.1, 0.15) is 12.4 Å². The van der Waals surface area contributed by atoms with Crippen molar-refractivity contribution in [3.63, 3.8) is 0 Å². The van der Waals surface area contributed by atoms with Crippen LogP contribution < -0.4 is 20.7 Å². The molecule has 1 aromatic rings. The number of carbonyl (C=O) groups is 1. The molecule has 5 heteroatoms. The van der Waals surface area contributed by atoms with Gasteiger partial charge in [0.25, 0.3) is 0 Å². The Kier molecular flexibility index (Phi) is 3.19. The zero-order chi connectivity index (χ0) is 12.4. The highest BCUT2D eigenvalue weighted by atomic mass is 16.5. The molecule has 2 rings (SSSR count). The van der Waals surface area contributed by atoms with Crippen molar-refractivity contribution in [3.8, 4) is 5.75 Å². The van der Waals surface area contributed by atoms with E-state index in [4.69, 9.17) is 10.5 Å². The molecule has 5 nitrogen and oxygen atoms in total. The largest absolute Gasteiger partial charge is 0.490 e. The molecule has 0 saturated heterocycles. The van der Waals surface area contributed by atoms with E-state index < -0.39 is 6.04 Å². The van der Waals surface area contributed by atoms with Gasteiger partial charge >= 0.3 is 0 Å². The molecule has 1 heterocycles. The van der Waals surface area contributed by atoms with Gasteiger partial charge in [-0.25, -0.2) is 0 Å². The third-order valence-electron chi connectivity index (χ3n) is 2.74. The van der Waals surface area contributed by atoms with Gasteiger partial charge in [0.15, 0.2) is 0 Å². The minimum Gasteiger partial charge on any atom is -0.490 e. The van der Waals surface area contributed by atoms with Crippen molar-refractivity contribution < 1.29 is 9.53 Å². The van der Waals surface area contributed by atoms with Crippen molar-refractivity contribution in [1.29, 1.82) is 0 Å². The third kappa shape index (κ3) is 2.50. The van der Waals surface area contributed by atoms with Crippen molar-refractivity contribution in [1.82, 2.24) is 0 Å². The number of ether oxygens (including phenoxy) is 1. The fourth-order valence-corrected chi connectivity index (χ4v) is 1.68. The summed E-state index contributed by atoms with van der Waals surface area (Å²) in [5.74, 6) is 0.655. The summed E-state index contributed by atoms with van der Waals surface area (Å²) in [5.41, 5.74) is 7.23. The van der Waals surface area contributed by atoms with Crippen LogP contribution in [0.25, 0.3) is 0 Å². The van der Waals surface area contributed by atoms with Crippen molar-refractivity contribution in [2.24, 2.45) is 5.73 Å². The van der Waals surface area contributed by atoms with Crippen LogP contribution in [-0.2, 0) is 4.79 Å². The summed E-state index contributed by atoms with van der Waals surface area (Å²) in [6, 6.07) is 5.06. The molecule has 1 aliphatic rings. The molecular weight excluding hydrogens is 218 g/mol.